The molecule has 2 N–H and O–H groups in total. The fourth-order valence-electron chi connectivity index (χ4n) is 1.35. The van der Waals surface area contributed by atoms with Gasteiger partial charge in [0.05, 0.1) is 12.4 Å². The molecule has 0 saturated heterocycles. The molecule has 0 atom stereocenters. The predicted octanol–water partition coefficient (Wildman–Crippen LogP) is 0.692. The fourth-order valence-corrected chi connectivity index (χ4v) is 1.92. The van der Waals surface area contributed by atoms with Crippen LogP contribution in [0.5, 0.6) is 5.75 Å². The number of aromatic carboxylic acids is 1. The Bertz CT molecular complexity index is 580. The van der Waals surface area contributed by atoms with Gasteiger partial charge >= 0.3 is 5.97 Å². The van der Waals surface area contributed by atoms with Crippen molar-refractivity contribution in [3.05, 3.63) is 18.0 Å². The molecule has 18 heavy (non-hydrogen) atoms. The second-order valence-electron chi connectivity index (χ2n) is 4.03. The van der Waals surface area contributed by atoms with Crippen molar-refractivity contribution in [2.24, 2.45) is 0 Å². The maximum Gasteiger partial charge on any atom is 0.356 e. The summed E-state index contributed by atoms with van der Waals surface area (Å²) in [6.07, 6.45) is 3.99. The zero-order valence-electron chi connectivity index (χ0n) is 9.58. The van der Waals surface area contributed by atoms with Gasteiger partial charge in [-0.2, -0.15) is 0 Å². The molecule has 2 rings (SSSR count). The third-order valence-corrected chi connectivity index (χ3v) is 2.80. The third kappa shape index (κ3) is 3.10. The van der Waals surface area contributed by atoms with E-state index in [1.165, 1.54) is 12.3 Å². The largest absolute Gasteiger partial charge is 0.488 e. The van der Waals surface area contributed by atoms with Crippen LogP contribution in [-0.2, 0) is 10.0 Å². The van der Waals surface area contributed by atoms with Crippen LogP contribution in [0, 0.1) is 0 Å². The number of anilines is 1. The van der Waals surface area contributed by atoms with Gasteiger partial charge in [-0.25, -0.2) is 18.2 Å². The molecule has 0 unspecified atom stereocenters. The van der Waals surface area contributed by atoms with Crippen LogP contribution in [0.1, 0.15) is 23.3 Å². The van der Waals surface area contributed by atoms with Crippen molar-refractivity contribution in [1.29, 1.82) is 0 Å². The van der Waals surface area contributed by atoms with Gasteiger partial charge < -0.3 is 9.84 Å². The lowest BCUT2D eigenvalue weighted by atomic mass is 10.3. The molecule has 1 saturated carbocycles. The van der Waals surface area contributed by atoms with Crippen molar-refractivity contribution in [3.63, 3.8) is 0 Å². The second kappa shape index (κ2) is 4.45. The Balaban J connectivity index is 2.43. The number of pyridine rings is 1. The number of carboxylic acids is 1. The van der Waals surface area contributed by atoms with E-state index in [4.69, 9.17) is 9.84 Å². The lowest BCUT2D eigenvalue weighted by molar-refractivity contribution is 0.0691. The van der Waals surface area contributed by atoms with E-state index < -0.39 is 16.0 Å². The van der Waals surface area contributed by atoms with Crippen LogP contribution in [0.25, 0.3) is 0 Å². The van der Waals surface area contributed by atoms with E-state index in [0.29, 0.717) is 0 Å². The van der Waals surface area contributed by atoms with Crippen molar-refractivity contribution < 1.29 is 23.1 Å². The number of ether oxygens (including phenoxy) is 1. The Morgan fingerprint density at radius 1 is 1.56 bits per heavy atom. The molecule has 1 aliphatic rings. The van der Waals surface area contributed by atoms with Gasteiger partial charge in [0.2, 0.25) is 10.0 Å². The lowest BCUT2D eigenvalue weighted by Crippen LogP contribution is -2.16. The van der Waals surface area contributed by atoms with Crippen molar-refractivity contribution in [2.45, 2.75) is 18.9 Å². The highest BCUT2D eigenvalue weighted by Gasteiger charge is 2.27. The van der Waals surface area contributed by atoms with Crippen LogP contribution < -0.4 is 9.46 Å². The SMILES string of the molecule is CS(=O)(=O)Nc1c(OC2CC2)ccnc1C(=O)O. The Kier molecular flexibility index (Phi) is 3.12. The van der Waals surface area contributed by atoms with Gasteiger partial charge in [0.25, 0.3) is 0 Å². The van der Waals surface area contributed by atoms with Crippen LogP contribution in [0.4, 0.5) is 5.69 Å². The van der Waals surface area contributed by atoms with Crippen molar-refractivity contribution in [1.82, 2.24) is 4.98 Å². The average Bonchev–Trinajstić information content (AvgIpc) is 3.02. The van der Waals surface area contributed by atoms with Crippen LogP contribution in [0.2, 0.25) is 0 Å². The van der Waals surface area contributed by atoms with Gasteiger partial charge in [0.15, 0.2) is 5.69 Å². The van der Waals surface area contributed by atoms with E-state index >= 15 is 0 Å². The number of nitrogens with zero attached hydrogens (tertiary/aromatic N) is 1. The zero-order valence-corrected chi connectivity index (χ0v) is 10.4. The first kappa shape index (κ1) is 12.6. The number of rotatable bonds is 5. The maximum absolute atomic E-state index is 11.2. The molecule has 1 fully saturated rings. The molecule has 0 spiro atoms. The van der Waals surface area contributed by atoms with Gasteiger partial charge in [0, 0.05) is 12.3 Å². The van der Waals surface area contributed by atoms with E-state index in [1.807, 2.05) is 0 Å². The number of sulfonamides is 1. The van der Waals surface area contributed by atoms with Gasteiger partial charge in [-0.1, -0.05) is 0 Å². The fraction of sp³-hybridized carbons (Fsp3) is 0.400. The highest BCUT2D eigenvalue weighted by molar-refractivity contribution is 7.92. The summed E-state index contributed by atoms with van der Waals surface area (Å²) in [5.74, 6) is -1.13. The third-order valence-electron chi connectivity index (χ3n) is 2.22. The molecule has 0 aromatic carbocycles. The molecule has 0 amide bonds. The molecule has 1 heterocycles. The summed E-state index contributed by atoms with van der Waals surface area (Å²) < 4.78 is 30.1. The Morgan fingerprint density at radius 2 is 2.22 bits per heavy atom. The van der Waals surface area contributed by atoms with Crippen LogP contribution >= 0.6 is 0 Å². The van der Waals surface area contributed by atoms with E-state index in [9.17, 15) is 13.2 Å². The summed E-state index contributed by atoms with van der Waals surface area (Å²) >= 11 is 0. The number of carboxylic acid groups (broad SMARTS) is 1. The molecular formula is C10H12N2O5S. The van der Waals surface area contributed by atoms with Crippen molar-refractivity contribution in [3.8, 4) is 5.75 Å². The van der Waals surface area contributed by atoms with Crippen LogP contribution in [0.15, 0.2) is 12.3 Å². The topological polar surface area (TPSA) is 106 Å². The summed E-state index contributed by atoms with van der Waals surface area (Å²) in [7, 11) is -3.60. The molecule has 1 aliphatic carbocycles. The number of hydrogen-bond donors (Lipinski definition) is 2. The normalized spacial score (nSPS) is 15.2. The molecule has 8 heteroatoms. The van der Waals surface area contributed by atoms with E-state index in [1.54, 1.807) is 0 Å². The van der Waals surface area contributed by atoms with Crippen LogP contribution in [0.3, 0.4) is 0 Å². The smallest absolute Gasteiger partial charge is 0.356 e. The van der Waals surface area contributed by atoms with E-state index in [2.05, 4.69) is 9.71 Å². The standard InChI is InChI=1S/C10H12N2O5S/c1-18(15,16)12-8-7(17-6-2-3-6)4-5-11-9(8)10(13)14/h4-6,12H,2-3H2,1H3,(H,13,14). The monoisotopic (exact) mass is 272 g/mol. The van der Waals surface area contributed by atoms with Crippen molar-refractivity contribution >= 4 is 21.7 Å². The molecule has 1 aromatic rings. The molecule has 7 nitrogen and oxygen atoms in total. The highest BCUT2D eigenvalue weighted by atomic mass is 32.2. The number of hydrogen-bond acceptors (Lipinski definition) is 5. The molecular weight excluding hydrogens is 260 g/mol. The summed E-state index contributed by atoms with van der Waals surface area (Å²) in [5.41, 5.74) is -0.502. The van der Waals surface area contributed by atoms with Gasteiger partial charge in [-0.05, 0) is 12.8 Å². The summed E-state index contributed by atoms with van der Waals surface area (Å²) in [6.45, 7) is 0. The summed E-state index contributed by atoms with van der Waals surface area (Å²) in [6, 6.07) is 1.44. The minimum absolute atomic E-state index is 0.0224. The minimum Gasteiger partial charge on any atom is -0.488 e. The number of aromatic nitrogens is 1. The van der Waals surface area contributed by atoms with E-state index in [0.717, 1.165) is 19.1 Å². The summed E-state index contributed by atoms with van der Waals surface area (Å²) in [5, 5.41) is 8.98. The van der Waals surface area contributed by atoms with Crippen molar-refractivity contribution in [2.75, 3.05) is 11.0 Å². The zero-order chi connectivity index (χ0) is 13.3. The maximum atomic E-state index is 11.2. The molecule has 98 valence electrons. The first-order chi connectivity index (χ1) is 8.37. The van der Waals surface area contributed by atoms with Gasteiger partial charge in [-0.3, -0.25) is 4.72 Å². The molecule has 0 aliphatic heterocycles. The minimum atomic E-state index is -3.60. The predicted molar refractivity (Wildman–Crippen MR) is 63.3 cm³/mol. The first-order valence-electron chi connectivity index (χ1n) is 5.23. The molecule has 0 radical (unpaired) electrons. The van der Waals surface area contributed by atoms with Gasteiger partial charge in [0.1, 0.15) is 11.4 Å². The number of carbonyl (C=O) groups is 1. The van der Waals surface area contributed by atoms with Gasteiger partial charge in [-0.15, -0.1) is 0 Å². The highest BCUT2D eigenvalue weighted by Crippen LogP contribution is 2.33. The Hall–Kier alpha value is -1.83. The number of nitrogens with one attached hydrogen (secondary N) is 1. The quantitative estimate of drug-likeness (QED) is 0.817. The average molecular weight is 272 g/mol. The Morgan fingerprint density at radius 3 is 2.72 bits per heavy atom. The van der Waals surface area contributed by atoms with E-state index in [-0.39, 0.29) is 23.2 Å². The Labute approximate surface area is 104 Å². The summed E-state index contributed by atoms with van der Waals surface area (Å²) in [4.78, 5) is 14.7. The lowest BCUT2D eigenvalue weighted by Gasteiger charge is -2.13. The second-order valence-corrected chi connectivity index (χ2v) is 5.78. The van der Waals surface area contributed by atoms with Crippen LogP contribution in [-0.4, -0.2) is 36.8 Å². The molecule has 1 aromatic heterocycles. The molecule has 0 bridgehead atoms. The first-order valence-corrected chi connectivity index (χ1v) is 7.12.